The van der Waals surface area contributed by atoms with E-state index in [0.29, 0.717) is 6.07 Å². The van der Waals surface area contributed by atoms with Crippen LogP contribution in [-0.2, 0) is 6.18 Å². The van der Waals surface area contributed by atoms with Gasteiger partial charge in [0.25, 0.3) is 5.69 Å². The summed E-state index contributed by atoms with van der Waals surface area (Å²) in [6.07, 6.45) is -4.85. The van der Waals surface area contributed by atoms with Crippen LogP contribution in [0.4, 0.5) is 18.9 Å². The summed E-state index contributed by atoms with van der Waals surface area (Å²) in [5, 5.41) is 19.3. The fraction of sp³-hybridized carbons (Fsp3) is 0.143. The fourth-order valence-corrected chi connectivity index (χ4v) is 1.67. The first-order valence-electron chi connectivity index (χ1n) is 3.48. The van der Waals surface area contributed by atoms with Gasteiger partial charge in [-0.3, -0.25) is 10.1 Å². The molecule has 0 unspecified atom stereocenters. The van der Waals surface area contributed by atoms with Crippen LogP contribution in [0.5, 0.6) is 5.75 Å². The van der Waals surface area contributed by atoms with Crippen LogP contribution in [-0.4, -0.2) is 10.0 Å². The number of rotatable bonds is 1. The predicted molar refractivity (Wildman–Crippen MR) is 47.5 cm³/mol. The molecule has 0 heterocycles. The minimum atomic E-state index is -4.85. The van der Waals surface area contributed by atoms with E-state index in [-0.39, 0.29) is 0 Å². The quantitative estimate of drug-likeness (QED) is 0.637. The van der Waals surface area contributed by atoms with Gasteiger partial charge in [-0.15, -0.1) is 0 Å². The summed E-state index contributed by atoms with van der Waals surface area (Å²) in [5.74, 6) is -1.06. The lowest BCUT2D eigenvalue weighted by molar-refractivity contribution is -0.386. The Morgan fingerprint density at radius 1 is 1.40 bits per heavy atom. The van der Waals surface area contributed by atoms with Crippen LogP contribution >= 0.6 is 15.9 Å². The van der Waals surface area contributed by atoms with Crippen molar-refractivity contribution < 1.29 is 23.2 Å². The zero-order valence-corrected chi connectivity index (χ0v) is 8.46. The van der Waals surface area contributed by atoms with Gasteiger partial charge in [-0.2, -0.15) is 13.2 Å². The molecule has 1 aromatic rings. The maximum absolute atomic E-state index is 12.3. The van der Waals surface area contributed by atoms with Crippen molar-refractivity contribution in [2.24, 2.45) is 0 Å². The molecule has 0 saturated carbocycles. The molecule has 1 rings (SSSR count). The van der Waals surface area contributed by atoms with Crippen LogP contribution in [0.15, 0.2) is 16.6 Å². The van der Waals surface area contributed by atoms with Gasteiger partial charge in [-0.05, 0) is 22.0 Å². The minimum Gasteiger partial charge on any atom is -0.507 e. The summed E-state index contributed by atoms with van der Waals surface area (Å²) in [7, 11) is 0. The van der Waals surface area contributed by atoms with Gasteiger partial charge >= 0.3 is 6.18 Å². The van der Waals surface area contributed by atoms with E-state index >= 15 is 0 Å². The summed E-state index contributed by atoms with van der Waals surface area (Å²) in [4.78, 5) is 9.37. The summed E-state index contributed by atoms with van der Waals surface area (Å²) in [6.45, 7) is 0. The topological polar surface area (TPSA) is 63.4 Å². The molecule has 0 aliphatic heterocycles. The highest BCUT2D eigenvalue weighted by Gasteiger charge is 2.39. The van der Waals surface area contributed by atoms with Crippen molar-refractivity contribution >= 4 is 21.6 Å². The molecule has 0 fully saturated rings. The smallest absolute Gasteiger partial charge is 0.421 e. The lowest BCUT2D eigenvalue weighted by Crippen LogP contribution is -2.07. The molecule has 1 N–H and O–H groups in total. The van der Waals surface area contributed by atoms with Gasteiger partial charge in [0.1, 0.15) is 15.8 Å². The Hall–Kier alpha value is -1.31. The number of alkyl halides is 3. The second kappa shape index (κ2) is 3.69. The maximum atomic E-state index is 12.3. The molecule has 0 amide bonds. The van der Waals surface area contributed by atoms with Crippen molar-refractivity contribution in [2.45, 2.75) is 6.18 Å². The van der Waals surface area contributed by atoms with Gasteiger partial charge in [0.05, 0.1) is 4.92 Å². The van der Waals surface area contributed by atoms with Crippen LogP contribution < -0.4 is 0 Å². The fourth-order valence-electron chi connectivity index (χ4n) is 0.966. The largest absolute Gasteiger partial charge is 0.507 e. The van der Waals surface area contributed by atoms with Crippen molar-refractivity contribution in [2.75, 3.05) is 0 Å². The Kier molecular flexibility index (Phi) is 2.89. The molecule has 8 heteroatoms. The van der Waals surface area contributed by atoms with Gasteiger partial charge in [0.2, 0.25) is 0 Å². The standard InChI is InChI=1S/C7H3BrF3NO3/c8-6-3(12(14)15)1-2-4(13)5(6)7(9,10)11/h1-2,13H. The van der Waals surface area contributed by atoms with Crippen molar-refractivity contribution in [1.82, 2.24) is 0 Å². The monoisotopic (exact) mass is 285 g/mol. The van der Waals surface area contributed by atoms with Crippen LogP contribution in [0.1, 0.15) is 5.56 Å². The van der Waals surface area contributed by atoms with Crippen LogP contribution in [0.2, 0.25) is 0 Å². The highest BCUT2D eigenvalue weighted by Crippen LogP contribution is 2.44. The maximum Gasteiger partial charge on any atom is 0.421 e. The van der Waals surface area contributed by atoms with E-state index in [9.17, 15) is 23.3 Å². The Labute approximate surface area is 89.6 Å². The molecule has 0 spiro atoms. The van der Waals surface area contributed by atoms with E-state index in [1.54, 1.807) is 0 Å². The zero-order chi connectivity index (χ0) is 11.8. The Bertz CT molecular complexity index is 419. The number of hydrogen-bond acceptors (Lipinski definition) is 3. The third kappa shape index (κ3) is 2.20. The number of hydrogen-bond donors (Lipinski definition) is 1. The minimum absolute atomic E-state index is 0.631. The first kappa shape index (κ1) is 11.8. The van der Waals surface area contributed by atoms with Crippen molar-refractivity contribution in [3.8, 4) is 5.75 Å². The number of nitro groups is 1. The molecular formula is C7H3BrF3NO3. The van der Waals surface area contributed by atoms with Crippen LogP contribution in [0.3, 0.4) is 0 Å². The molecule has 82 valence electrons. The van der Waals surface area contributed by atoms with Crippen LogP contribution in [0, 0.1) is 10.1 Å². The predicted octanol–water partition coefficient (Wildman–Crippen LogP) is 3.08. The SMILES string of the molecule is O=[N+]([O-])c1ccc(O)c(C(F)(F)F)c1Br. The molecule has 1 aromatic carbocycles. The average molecular weight is 286 g/mol. The second-order valence-electron chi connectivity index (χ2n) is 2.55. The molecule has 0 bridgehead atoms. The van der Waals surface area contributed by atoms with E-state index in [1.807, 2.05) is 0 Å². The molecule has 4 nitrogen and oxygen atoms in total. The molecule has 0 radical (unpaired) electrons. The number of phenolic OH excluding ortho intramolecular Hbond substituents is 1. The lowest BCUT2D eigenvalue weighted by atomic mass is 10.1. The molecule has 0 aliphatic carbocycles. The average Bonchev–Trinajstić information content (AvgIpc) is 2.00. The van der Waals surface area contributed by atoms with Gasteiger partial charge in [0.15, 0.2) is 0 Å². The molecular weight excluding hydrogens is 283 g/mol. The first-order valence-corrected chi connectivity index (χ1v) is 4.27. The van der Waals surface area contributed by atoms with Crippen molar-refractivity contribution in [3.05, 3.63) is 32.3 Å². The summed E-state index contributed by atoms with van der Waals surface area (Å²) in [6, 6.07) is 1.42. The number of nitro benzene ring substituents is 1. The molecule has 0 saturated heterocycles. The van der Waals surface area contributed by atoms with Gasteiger partial charge in [-0.1, -0.05) is 0 Å². The number of phenols is 1. The lowest BCUT2D eigenvalue weighted by Gasteiger charge is -2.10. The number of halogens is 4. The highest BCUT2D eigenvalue weighted by atomic mass is 79.9. The van der Waals surface area contributed by atoms with Gasteiger partial charge in [-0.25, -0.2) is 0 Å². The summed E-state index contributed by atoms with van der Waals surface area (Å²) < 4.78 is 36.2. The Balaban J connectivity index is 3.51. The second-order valence-corrected chi connectivity index (χ2v) is 3.34. The Morgan fingerprint density at radius 2 is 1.93 bits per heavy atom. The molecule has 15 heavy (non-hydrogen) atoms. The summed E-state index contributed by atoms with van der Waals surface area (Å²) >= 11 is 2.45. The Morgan fingerprint density at radius 3 is 2.33 bits per heavy atom. The first-order chi connectivity index (χ1) is 6.75. The third-order valence-corrected chi connectivity index (χ3v) is 2.38. The van der Waals surface area contributed by atoms with Crippen molar-refractivity contribution in [1.29, 1.82) is 0 Å². The normalized spacial score (nSPS) is 11.5. The number of benzene rings is 1. The van der Waals surface area contributed by atoms with Gasteiger partial charge in [0, 0.05) is 6.07 Å². The third-order valence-electron chi connectivity index (χ3n) is 1.58. The van der Waals surface area contributed by atoms with Crippen LogP contribution in [0.25, 0.3) is 0 Å². The van der Waals surface area contributed by atoms with E-state index in [1.165, 1.54) is 0 Å². The molecule has 0 atom stereocenters. The zero-order valence-electron chi connectivity index (χ0n) is 6.88. The van der Waals surface area contributed by atoms with E-state index in [0.717, 1.165) is 6.07 Å². The van der Waals surface area contributed by atoms with E-state index < -0.39 is 32.6 Å². The summed E-state index contributed by atoms with van der Waals surface area (Å²) in [5.41, 5.74) is -2.20. The highest BCUT2D eigenvalue weighted by molar-refractivity contribution is 9.10. The molecule has 0 aromatic heterocycles. The van der Waals surface area contributed by atoms with E-state index in [4.69, 9.17) is 5.11 Å². The number of nitrogens with zero attached hydrogens (tertiary/aromatic N) is 1. The van der Waals surface area contributed by atoms with E-state index in [2.05, 4.69) is 15.9 Å². The van der Waals surface area contributed by atoms with Crippen molar-refractivity contribution in [3.63, 3.8) is 0 Å². The number of aromatic hydroxyl groups is 1. The molecule has 0 aliphatic rings. The van der Waals surface area contributed by atoms with Gasteiger partial charge < -0.3 is 5.11 Å².